The average Bonchev–Trinajstić information content (AvgIpc) is 3.33. The third-order valence-electron chi connectivity index (χ3n) is 6.21. The first-order valence-electron chi connectivity index (χ1n) is 11.4. The summed E-state index contributed by atoms with van der Waals surface area (Å²) in [7, 11) is 0. The number of rotatable bonds is 8. The number of aliphatic hydroxyl groups is 1. The summed E-state index contributed by atoms with van der Waals surface area (Å²) in [5.74, 6) is -1.88. The van der Waals surface area contributed by atoms with E-state index in [2.05, 4.69) is 17.0 Å². The topological polar surface area (TPSA) is 80.5 Å². The molecule has 1 N–H and O–H groups in total. The van der Waals surface area contributed by atoms with E-state index in [1.165, 1.54) is 23.4 Å². The number of ether oxygens (including phenoxy) is 1. The molecule has 1 atom stereocenters. The van der Waals surface area contributed by atoms with Gasteiger partial charge in [-0.3, -0.25) is 4.90 Å². The molecule has 1 aliphatic heterocycles. The molecule has 0 spiro atoms. The standard InChI is InChI=1S/C25H28F2N4O3/c1-2-18-3-5-19(6-4-18)24(32)34-21-9-11-30(12-10-21)14-25(33,15-31-17-28-16-29-31)22-8-7-20(26)13-23(22)27/h3-8,13,16-17,21,33H,2,9-12,14-15H2,1H3. The second kappa shape index (κ2) is 10.4. The molecule has 2 heterocycles. The minimum absolute atomic E-state index is 0.00604. The minimum atomic E-state index is -1.66. The normalized spacial score (nSPS) is 16.8. The smallest absolute Gasteiger partial charge is 0.338 e. The van der Waals surface area contributed by atoms with Gasteiger partial charge in [-0.2, -0.15) is 5.10 Å². The number of halogens is 2. The van der Waals surface area contributed by atoms with Crippen molar-refractivity contribution < 1.29 is 23.4 Å². The third kappa shape index (κ3) is 5.66. The highest BCUT2D eigenvalue weighted by molar-refractivity contribution is 5.89. The molecule has 1 fully saturated rings. The van der Waals surface area contributed by atoms with Gasteiger partial charge < -0.3 is 9.84 Å². The van der Waals surface area contributed by atoms with Crippen LogP contribution in [0.2, 0.25) is 0 Å². The zero-order chi connectivity index (χ0) is 24.1. The number of aromatic nitrogens is 3. The molecule has 1 saturated heterocycles. The van der Waals surface area contributed by atoms with Gasteiger partial charge in [0.15, 0.2) is 0 Å². The number of likely N-dealkylation sites (tertiary alicyclic amines) is 1. The number of hydrogen-bond donors (Lipinski definition) is 1. The van der Waals surface area contributed by atoms with E-state index in [-0.39, 0.29) is 30.7 Å². The second-order valence-corrected chi connectivity index (χ2v) is 8.68. The fourth-order valence-electron chi connectivity index (χ4n) is 4.32. The first-order valence-corrected chi connectivity index (χ1v) is 11.4. The summed E-state index contributed by atoms with van der Waals surface area (Å²) in [5.41, 5.74) is 0.0127. The maximum Gasteiger partial charge on any atom is 0.338 e. The Labute approximate surface area is 197 Å². The van der Waals surface area contributed by atoms with Crippen LogP contribution in [0.5, 0.6) is 0 Å². The molecule has 0 bridgehead atoms. The van der Waals surface area contributed by atoms with Crippen LogP contribution in [0.15, 0.2) is 55.1 Å². The molecule has 4 rings (SSSR count). The molecule has 0 aliphatic carbocycles. The van der Waals surface area contributed by atoms with Crippen molar-refractivity contribution in [1.29, 1.82) is 0 Å². The fourth-order valence-corrected chi connectivity index (χ4v) is 4.32. The van der Waals surface area contributed by atoms with Gasteiger partial charge in [0, 0.05) is 31.3 Å². The molecule has 180 valence electrons. The summed E-state index contributed by atoms with van der Waals surface area (Å²) < 4.78 is 35.2. The number of β-amino-alcohol motifs (C(OH)–C–C–N with tert-alkyl or cyclic N) is 1. The Morgan fingerprint density at radius 1 is 1.15 bits per heavy atom. The molecule has 0 saturated carbocycles. The maximum absolute atomic E-state index is 14.6. The molecule has 0 radical (unpaired) electrons. The van der Waals surface area contributed by atoms with Crippen LogP contribution in [0.1, 0.15) is 41.3 Å². The van der Waals surface area contributed by atoms with Crippen molar-refractivity contribution in [1.82, 2.24) is 19.7 Å². The number of benzene rings is 2. The van der Waals surface area contributed by atoms with E-state index >= 15 is 0 Å². The lowest BCUT2D eigenvalue weighted by molar-refractivity contribution is -0.0396. The van der Waals surface area contributed by atoms with Gasteiger partial charge in [0.2, 0.25) is 0 Å². The van der Waals surface area contributed by atoms with Crippen molar-refractivity contribution in [2.24, 2.45) is 0 Å². The SMILES string of the molecule is CCc1ccc(C(=O)OC2CCN(CC(O)(Cn3cncn3)c3ccc(F)cc3F)CC2)cc1. The predicted octanol–water partition coefficient (Wildman–Crippen LogP) is 3.33. The number of nitrogens with zero attached hydrogens (tertiary/aromatic N) is 4. The number of aryl methyl sites for hydroxylation is 1. The second-order valence-electron chi connectivity index (χ2n) is 8.68. The maximum atomic E-state index is 14.6. The van der Waals surface area contributed by atoms with Gasteiger partial charge >= 0.3 is 5.97 Å². The van der Waals surface area contributed by atoms with E-state index < -0.39 is 17.2 Å². The van der Waals surface area contributed by atoms with E-state index in [4.69, 9.17) is 4.74 Å². The molecule has 0 amide bonds. The summed E-state index contributed by atoms with van der Waals surface area (Å²) in [5, 5.41) is 15.5. The Bertz CT molecular complexity index is 1100. The summed E-state index contributed by atoms with van der Waals surface area (Å²) in [6.45, 7) is 3.22. The zero-order valence-electron chi connectivity index (χ0n) is 19.0. The third-order valence-corrected chi connectivity index (χ3v) is 6.21. The highest BCUT2D eigenvalue weighted by Crippen LogP contribution is 2.29. The van der Waals surface area contributed by atoms with Crippen molar-refractivity contribution in [3.63, 3.8) is 0 Å². The van der Waals surface area contributed by atoms with Crippen LogP contribution >= 0.6 is 0 Å². The Kier molecular flexibility index (Phi) is 7.33. The number of hydrogen-bond acceptors (Lipinski definition) is 6. The van der Waals surface area contributed by atoms with Gasteiger partial charge in [0.1, 0.15) is 36.0 Å². The van der Waals surface area contributed by atoms with Crippen molar-refractivity contribution in [2.45, 2.75) is 44.4 Å². The van der Waals surface area contributed by atoms with E-state index in [1.807, 2.05) is 17.0 Å². The van der Waals surface area contributed by atoms with Gasteiger partial charge in [-0.1, -0.05) is 25.1 Å². The highest BCUT2D eigenvalue weighted by Gasteiger charge is 2.37. The van der Waals surface area contributed by atoms with Crippen molar-refractivity contribution in [3.05, 3.63) is 83.4 Å². The highest BCUT2D eigenvalue weighted by atomic mass is 19.1. The fraction of sp³-hybridized carbons (Fsp3) is 0.400. The largest absolute Gasteiger partial charge is 0.459 e. The van der Waals surface area contributed by atoms with Crippen LogP contribution < -0.4 is 0 Å². The van der Waals surface area contributed by atoms with E-state index in [0.29, 0.717) is 31.5 Å². The molecular weight excluding hydrogens is 442 g/mol. The van der Waals surface area contributed by atoms with E-state index in [0.717, 1.165) is 24.1 Å². The lowest BCUT2D eigenvalue weighted by Gasteiger charge is -2.38. The number of esters is 1. The molecule has 1 aliphatic rings. The molecule has 9 heteroatoms. The lowest BCUT2D eigenvalue weighted by Crippen LogP contribution is -2.48. The molecular formula is C25H28F2N4O3. The average molecular weight is 471 g/mol. The number of carbonyl (C=O) groups excluding carboxylic acids is 1. The van der Waals surface area contributed by atoms with E-state index in [1.54, 1.807) is 12.1 Å². The van der Waals surface area contributed by atoms with Gasteiger partial charge in [0.05, 0.1) is 12.1 Å². The van der Waals surface area contributed by atoms with E-state index in [9.17, 15) is 18.7 Å². The molecule has 1 unspecified atom stereocenters. The van der Waals surface area contributed by atoms with Crippen LogP contribution in [-0.2, 0) is 23.3 Å². The Morgan fingerprint density at radius 3 is 2.50 bits per heavy atom. The van der Waals surface area contributed by atoms with Crippen LogP contribution in [0.4, 0.5) is 8.78 Å². The Hall–Kier alpha value is -3.17. The zero-order valence-corrected chi connectivity index (χ0v) is 19.0. The Balaban J connectivity index is 1.40. The number of carbonyl (C=O) groups is 1. The quantitative estimate of drug-likeness (QED) is 0.509. The molecule has 7 nitrogen and oxygen atoms in total. The van der Waals surface area contributed by atoms with Crippen molar-refractivity contribution in [2.75, 3.05) is 19.6 Å². The van der Waals surface area contributed by atoms with Crippen molar-refractivity contribution >= 4 is 5.97 Å². The Morgan fingerprint density at radius 2 is 1.88 bits per heavy atom. The predicted molar refractivity (Wildman–Crippen MR) is 121 cm³/mol. The molecule has 2 aromatic carbocycles. The summed E-state index contributed by atoms with van der Waals surface area (Å²) in [4.78, 5) is 18.4. The summed E-state index contributed by atoms with van der Waals surface area (Å²) in [6, 6.07) is 10.5. The first kappa shape index (κ1) is 24.0. The van der Waals surface area contributed by atoms with Gasteiger partial charge in [-0.25, -0.2) is 23.2 Å². The summed E-state index contributed by atoms with van der Waals surface area (Å²) >= 11 is 0. The lowest BCUT2D eigenvalue weighted by atomic mass is 9.91. The minimum Gasteiger partial charge on any atom is -0.459 e. The van der Waals surface area contributed by atoms with Crippen LogP contribution in [0.25, 0.3) is 0 Å². The van der Waals surface area contributed by atoms with Gasteiger partial charge in [0.25, 0.3) is 0 Å². The summed E-state index contributed by atoms with van der Waals surface area (Å²) in [6.07, 6.45) is 4.61. The molecule has 34 heavy (non-hydrogen) atoms. The van der Waals surface area contributed by atoms with Gasteiger partial charge in [-0.15, -0.1) is 0 Å². The van der Waals surface area contributed by atoms with Crippen LogP contribution in [0.3, 0.4) is 0 Å². The van der Waals surface area contributed by atoms with Crippen molar-refractivity contribution in [3.8, 4) is 0 Å². The molecule has 1 aromatic heterocycles. The first-order chi connectivity index (χ1) is 16.4. The monoisotopic (exact) mass is 470 g/mol. The molecule has 3 aromatic rings. The van der Waals surface area contributed by atoms with Gasteiger partial charge in [-0.05, 0) is 43.0 Å². The number of piperidine rings is 1. The van der Waals surface area contributed by atoms with Crippen LogP contribution in [0, 0.1) is 11.6 Å². The van der Waals surface area contributed by atoms with Crippen LogP contribution in [-0.4, -0.2) is 56.5 Å².